The molecule has 6 nitrogen and oxygen atoms in total. The van der Waals surface area contributed by atoms with Gasteiger partial charge >= 0.3 is 0 Å². The van der Waals surface area contributed by atoms with Gasteiger partial charge in [-0.05, 0) is 36.1 Å². The van der Waals surface area contributed by atoms with Crippen LogP contribution in [-0.2, 0) is 4.74 Å². The molecule has 1 fully saturated rings. The second kappa shape index (κ2) is 5.95. The minimum Gasteiger partial charge on any atom is -0.377 e. The van der Waals surface area contributed by atoms with Crippen molar-refractivity contribution in [2.45, 2.75) is 13.0 Å². The number of aromatic nitrogens is 2. The summed E-state index contributed by atoms with van der Waals surface area (Å²) in [7, 11) is 0. The normalized spacial score (nSPS) is 18.2. The average Bonchev–Trinajstić information content (AvgIpc) is 3.23. The summed E-state index contributed by atoms with van der Waals surface area (Å²) in [5.74, 6) is -0.00138. The maximum Gasteiger partial charge on any atom is 0.265 e. The number of carbonyl (C=O) groups is 1. The highest BCUT2D eigenvalue weighted by Crippen LogP contribution is 2.34. The van der Waals surface area contributed by atoms with Crippen molar-refractivity contribution in [3.05, 3.63) is 46.7 Å². The second-order valence-corrected chi connectivity index (χ2v) is 6.63. The zero-order chi connectivity index (χ0) is 16.7. The van der Waals surface area contributed by atoms with Gasteiger partial charge in [0.1, 0.15) is 11.9 Å². The number of ether oxygens (including phenoxy) is 1. The van der Waals surface area contributed by atoms with Crippen LogP contribution in [0.2, 0.25) is 0 Å². The van der Waals surface area contributed by atoms with Gasteiger partial charge in [0.25, 0.3) is 5.91 Å². The van der Waals surface area contributed by atoms with Gasteiger partial charge in [-0.25, -0.2) is 4.39 Å². The van der Waals surface area contributed by atoms with Crippen molar-refractivity contribution in [1.82, 2.24) is 15.0 Å². The lowest BCUT2D eigenvalue weighted by atomic mass is 10.1. The Bertz CT molecular complexity index is 893. The van der Waals surface area contributed by atoms with Gasteiger partial charge in [0.2, 0.25) is 6.39 Å². The number of aryl methyl sites for hydroxylation is 1. The van der Waals surface area contributed by atoms with Crippen LogP contribution in [0.15, 0.2) is 29.1 Å². The number of hydrogen-bond donors (Lipinski definition) is 0. The van der Waals surface area contributed by atoms with E-state index in [9.17, 15) is 9.18 Å². The van der Waals surface area contributed by atoms with Crippen LogP contribution < -0.4 is 0 Å². The molecule has 1 aliphatic heterocycles. The first-order chi connectivity index (χ1) is 11.6. The van der Waals surface area contributed by atoms with E-state index in [-0.39, 0.29) is 17.8 Å². The summed E-state index contributed by atoms with van der Waals surface area (Å²) in [6, 6.07) is 4.19. The van der Waals surface area contributed by atoms with E-state index in [1.807, 2.05) is 6.92 Å². The third-order valence-electron chi connectivity index (χ3n) is 4.16. The summed E-state index contributed by atoms with van der Waals surface area (Å²) in [6.45, 7) is 3.07. The van der Waals surface area contributed by atoms with Crippen LogP contribution in [0.5, 0.6) is 0 Å². The molecule has 0 unspecified atom stereocenters. The first kappa shape index (κ1) is 15.2. The molecule has 2 aromatic heterocycles. The van der Waals surface area contributed by atoms with Crippen molar-refractivity contribution in [3.63, 3.8) is 0 Å². The molecule has 0 saturated carbocycles. The molecular formula is C16H14FN3O3S. The molecule has 3 heterocycles. The SMILES string of the molecule is Cc1c(C(=O)N2CCOC[C@H]2c2ncon2)sc2ccc(F)cc12. The van der Waals surface area contributed by atoms with E-state index < -0.39 is 0 Å². The fourth-order valence-electron chi connectivity index (χ4n) is 2.91. The summed E-state index contributed by atoms with van der Waals surface area (Å²) in [6.07, 6.45) is 1.24. The van der Waals surface area contributed by atoms with Crippen molar-refractivity contribution in [3.8, 4) is 0 Å². The molecule has 1 saturated heterocycles. The molecule has 1 amide bonds. The number of thiophene rings is 1. The van der Waals surface area contributed by atoms with Crippen LogP contribution in [0, 0.1) is 12.7 Å². The minimum absolute atomic E-state index is 0.118. The monoisotopic (exact) mass is 347 g/mol. The zero-order valence-electron chi connectivity index (χ0n) is 12.9. The highest BCUT2D eigenvalue weighted by atomic mass is 32.1. The molecule has 8 heteroatoms. The molecule has 1 aliphatic rings. The van der Waals surface area contributed by atoms with Gasteiger partial charge in [-0.3, -0.25) is 4.79 Å². The average molecular weight is 347 g/mol. The first-order valence-electron chi connectivity index (χ1n) is 7.49. The number of hydrogen-bond acceptors (Lipinski definition) is 6. The molecular weight excluding hydrogens is 333 g/mol. The van der Waals surface area contributed by atoms with E-state index >= 15 is 0 Å². The Morgan fingerprint density at radius 3 is 3.12 bits per heavy atom. The maximum absolute atomic E-state index is 13.5. The Morgan fingerprint density at radius 1 is 1.46 bits per heavy atom. The molecule has 0 aliphatic carbocycles. The van der Waals surface area contributed by atoms with Gasteiger partial charge in [0, 0.05) is 11.2 Å². The van der Waals surface area contributed by atoms with E-state index in [0.29, 0.717) is 30.5 Å². The van der Waals surface area contributed by atoms with Gasteiger partial charge < -0.3 is 14.2 Å². The van der Waals surface area contributed by atoms with Crippen molar-refractivity contribution >= 4 is 27.3 Å². The Balaban J connectivity index is 1.73. The smallest absolute Gasteiger partial charge is 0.265 e. The predicted molar refractivity (Wildman–Crippen MR) is 85.4 cm³/mol. The Labute approximate surface area is 140 Å². The third-order valence-corrected chi connectivity index (χ3v) is 5.42. The lowest BCUT2D eigenvalue weighted by Gasteiger charge is -2.33. The quantitative estimate of drug-likeness (QED) is 0.713. The van der Waals surface area contributed by atoms with Gasteiger partial charge in [0.15, 0.2) is 5.82 Å². The van der Waals surface area contributed by atoms with Crippen molar-refractivity contribution in [1.29, 1.82) is 0 Å². The molecule has 124 valence electrons. The zero-order valence-corrected chi connectivity index (χ0v) is 13.7. The summed E-state index contributed by atoms with van der Waals surface area (Å²) >= 11 is 1.37. The van der Waals surface area contributed by atoms with Gasteiger partial charge in [-0.2, -0.15) is 4.98 Å². The lowest BCUT2D eigenvalue weighted by Crippen LogP contribution is -2.43. The van der Waals surface area contributed by atoms with Crippen LogP contribution in [0.4, 0.5) is 4.39 Å². The number of halogens is 1. The van der Waals surface area contributed by atoms with E-state index in [1.165, 1.54) is 29.9 Å². The summed E-state index contributed by atoms with van der Waals surface area (Å²) < 4.78 is 24.6. The topological polar surface area (TPSA) is 68.5 Å². The second-order valence-electron chi connectivity index (χ2n) is 5.58. The fraction of sp³-hybridized carbons (Fsp3) is 0.312. The lowest BCUT2D eigenvalue weighted by molar-refractivity contribution is -0.00554. The van der Waals surface area contributed by atoms with Gasteiger partial charge in [-0.1, -0.05) is 5.16 Å². The van der Waals surface area contributed by atoms with Crippen molar-refractivity contribution in [2.24, 2.45) is 0 Å². The Hall–Kier alpha value is -2.32. The first-order valence-corrected chi connectivity index (χ1v) is 8.30. The molecule has 3 aromatic rings. The number of morpholine rings is 1. The van der Waals surface area contributed by atoms with Gasteiger partial charge in [0.05, 0.1) is 18.1 Å². The number of benzene rings is 1. The van der Waals surface area contributed by atoms with E-state index in [1.54, 1.807) is 11.0 Å². The molecule has 1 atom stereocenters. The number of amides is 1. The molecule has 0 spiro atoms. The van der Waals surface area contributed by atoms with Gasteiger partial charge in [-0.15, -0.1) is 11.3 Å². The van der Waals surface area contributed by atoms with Crippen LogP contribution in [-0.4, -0.2) is 40.7 Å². The number of rotatable bonds is 2. The predicted octanol–water partition coefficient (Wildman–Crippen LogP) is 2.95. The number of nitrogens with zero attached hydrogens (tertiary/aromatic N) is 3. The Morgan fingerprint density at radius 2 is 2.33 bits per heavy atom. The van der Waals surface area contributed by atoms with E-state index in [2.05, 4.69) is 10.1 Å². The summed E-state index contributed by atoms with van der Waals surface area (Å²) in [4.78, 5) is 19.4. The highest BCUT2D eigenvalue weighted by molar-refractivity contribution is 7.21. The van der Waals surface area contributed by atoms with Crippen LogP contribution in [0.1, 0.15) is 27.1 Å². The van der Waals surface area contributed by atoms with Crippen molar-refractivity contribution < 1.29 is 18.4 Å². The third kappa shape index (κ3) is 2.47. The molecule has 0 N–H and O–H groups in total. The summed E-state index contributed by atoms with van der Waals surface area (Å²) in [5.41, 5.74) is 0.790. The molecule has 4 rings (SSSR count). The number of carbonyl (C=O) groups excluding carboxylic acids is 1. The van der Waals surface area contributed by atoms with Crippen LogP contribution in [0.3, 0.4) is 0 Å². The highest BCUT2D eigenvalue weighted by Gasteiger charge is 2.33. The number of fused-ring (bicyclic) bond motifs is 1. The maximum atomic E-state index is 13.5. The molecule has 24 heavy (non-hydrogen) atoms. The molecule has 1 aromatic carbocycles. The Kier molecular flexibility index (Phi) is 3.78. The summed E-state index contributed by atoms with van der Waals surface area (Å²) in [5, 5.41) is 4.61. The molecule has 0 radical (unpaired) electrons. The van der Waals surface area contributed by atoms with Crippen molar-refractivity contribution in [2.75, 3.05) is 19.8 Å². The molecule has 0 bridgehead atoms. The van der Waals surface area contributed by atoms with E-state index in [0.717, 1.165) is 15.6 Å². The largest absolute Gasteiger partial charge is 0.377 e. The fourth-order valence-corrected chi connectivity index (χ4v) is 4.06. The van der Waals surface area contributed by atoms with Crippen LogP contribution in [0.25, 0.3) is 10.1 Å². The standard InChI is InChI=1S/C16H14FN3O3S/c1-9-11-6-10(17)2-3-13(11)24-14(9)16(21)20-4-5-22-7-12(20)15-18-8-23-19-15/h2-3,6,8,12H,4-5,7H2,1H3/t12-/m0/s1. The minimum atomic E-state index is -0.383. The van der Waals surface area contributed by atoms with E-state index in [4.69, 9.17) is 9.26 Å². The van der Waals surface area contributed by atoms with Crippen LogP contribution >= 0.6 is 11.3 Å².